The highest BCUT2D eigenvalue weighted by Gasteiger charge is 2.26. The van der Waals surface area contributed by atoms with E-state index in [9.17, 15) is 14.7 Å². The lowest BCUT2D eigenvalue weighted by molar-refractivity contribution is -0.141. The molecule has 0 aliphatic heterocycles. The SMILES string of the molecule is CC(C)(C)OC(=O)NC(C(=O)O)n1cnc2ncncc21. The lowest BCUT2D eigenvalue weighted by atomic mass is 10.2. The second-order valence-electron chi connectivity index (χ2n) is 5.27. The average molecular weight is 293 g/mol. The number of hydrogen-bond acceptors (Lipinski definition) is 6. The van der Waals surface area contributed by atoms with Gasteiger partial charge in [0.25, 0.3) is 0 Å². The first-order chi connectivity index (χ1) is 9.78. The van der Waals surface area contributed by atoms with Crippen LogP contribution in [0.3, 0.4) is 0 Å². The number of carbonyl (C=O) groups excluding carboxylic acids is 1. The molecule has 0 aliphatic carbocycles. The summed E-state index contributed by atoms with van der Waals surface area (Å²) in [5.41, 5.74) is -0.00373. The highest BCUT2D eigenvalue weighted by molar-refractivity contribution is 5.81. The normalized spacial score (nSPS) is 12.9. The second kappa shape index (κ2) is 5.35. The van der Waals surface area contributed by atoms with Crippen molar-refractivity contribution in [2.45, 2.75) is 32.5 Å². The molecule has 2 aromatic rings. The molecule has 0 radical (unpaired) electrons. The molecule has 2 N–H and O–H groups in total. The number of carbonyl (C=O) groups is 2. The summed E-state index contributed by atoms with van der Waals surface area (Å²) < 4.78 is 6.30. The maximum absolute atomic E-state index is 11.7. The maximum atomic E-state index is 11.7. The van der Waals surface area contributed by atoms with Crippen molar-refractivity contribution in [3.05, 3.63) is 18.9 Å². The van der Waals surface area contributed by atoms with Crippen LogP contribution < -0.4 is 5.32 Å². The van der Waals surface area contributed by atoms with Crippen LogP contribution in [0.5, 0.6) is 0 Å². The van der Waals surface area contributed by atoms with Crippen LogP contribution in [0.25, 0.3) is 11.2 Å². The summed E-state index contributed by atoms with van der Waals surface area (Å²) in [6, 6.07) is 0. The molecular weight excluding hydrogens is 278 g/mol. The molecule has 2 rings (SSSR count). The van der Waals surface area contributed by atoms with Crippen LogP contribution in [-0.4, -0.2) is 42.3 Å². The number of nitrogens with zero attached hydrogens (tertiary/aromatic N) is 4. The number of fused-ring (bicyclic) bond motifs is 1. The molecule has 0 saturated carbocycles. The maximum Gasteiger partial charge on any atom is 0.409 e. The van der Waals surface area contributed by atoms with E-state index < -0.39 is 23.8 Å². The zero-order valence-electron chi connectivity index (χ0n) is 11.8. The van der Waals surface area contributed by atoms with Crippen LogP contribution in [0.4, 0.5) is 4.79 Å². The summed E-state index contributed by atoms with van der Waals surface area (Å²) >= 11 is 0. The van der Waals surface area contributed by atoms with Gasteiger partial charge in [0.1, 0.15) is 17.4 Å². The molecule has 0 aromatic carbocycles. The minimum Gasteiger partial charge on any atom is -0.478 e. The van der Waals surface area contributed by atoms with Gasteiger partial charge >= 0.3 is 12.1 Å². The first kappa shape index (κ1) is 14.7. The molecule has 0 saturated heterocycles. The van der Waals surface area contributed by atoms with Gasteiger partial charge in [0.05, 0.1) is 12.5 Å². The Bertz CT molecular complexity index is 676. The van der Waals surface area contributed by atoms with Crippen LogP contribution >= 0.6 is 0 Å². The van der Waals surface area contributed by atoms with E-state index in [0.717, 1.165) is 0 Å². The van der Waals surface area contributed by atoms with Gasteiger partial charge in [-0.1, -0.05) is 0 Å². The van der Waals surface area contributed by atoms with E-state index in [1.165, 1.54) is 23.4 Å². The molecule has 2 aromatic heterocycles. The van der Waals surface area contributed by atoms with Crippen molar-refractivity contribution >= 4 is 23.2 Å². The Kier molecular flexibility index (Phi) is 3.74. The molecule has 0 fully saturated rings. The highest BCUT2D eigenvalue weighted by Crippen LogP contribution is 2.15. The minimum atomic E-state index is -1.36. The van der Waals surface area contributed by atoms with Crippen molar-refractivity contribution in [1.29, 1.82) is 0 Å². The Labute approximate surface area is 120 Å². The molecule has 2 heterocycles. The van der Waals surface area contributed by atoms with Crippen molar-refractivity contribution in [2.75, 3.05) is 0 Å². The molecule has 1 atom stereocenters. The monoisotopic (exact) mass is 293 g/mol. The van der Waals surface area contributed by atoms with Gasteiger partial charge in [0.15, 0.2) is 5.65 Å². The van der Waals surface area contributed by atoms with Crippen LogP contribution in [0.2, 0.25) is 0 Å². The zero-order chi connectivity index (χ0) is 15.6. The Morgan fingerprint density at radius 1 is 1.38 bits per heavy atom. The number of imidazole rings is 1. The average Bonchev–Trinajstić information content (AvgIpc) is 2.77. The summed E-state index contributed by atoms with van der Waals surface area (Å²) in [5, 5.41) is 11.6. The summed E-state index contributed by atoms with van der Waals surface area (Å²) in [6.07, 6.45) is 1.79. The third-order valence-electron chi connectivity index (χ3n) is 2.42. The lowest BCUT2D eigenvalue weighted by Gasteiger charge is -2.22. The number of rotatable bonds is 3. The number of nitrogens with one attached hydrogen (secondary N) is 1. The van der Waals surface area contributed by atoms with Crippen molar-refractivity contribution < 1.29 is 19.4 Å². The number of ether oxygens (including phenoxy) is 1. The number of carboxylic acid groups (broad SMARTS) is 1. The predicted octanol–water partition coefficient (Wildman–Crippen LogP) is 0.934. The van der Waals surface area contributed by atoms with Crippen molar-refractivity contribution in [3.63, 3.8) is 0 Å². The van der Waals surface area contributed by atoms with E-state index in [-0.39, 0.29) is 0 Å². The van der Waals surface area contributed by atoms with E-state index in [1.807, 2.05) is 0 Å². The van der Waals surface area contributed by atoms with Crippen LogP contribution in [0.1, 0.15) is 26.9 Å². The summed E-state index contributed by atoms with van der Waals surface area (Å²) in [5.74, 6) is -1.26. The topological polar surface area (TPSA) is 119 Å². The zero-order valence-corrected chi connectivity index (χ0v) is 11.8. The minimum absolute atomic E-state index is 0.335. The predicted molar refractivity (Wildman–Crippen MR) is 71.4 cm³/mol. The fourth-order valence-corrected chi connectivity index (χ4v) is 1.65. The Morgan fingerprint density at radius 2 is 2.10 bits per heavy atom. The fourth-order valence-electron chi connectivity index (χ4n) is 1.65. The molecular formula is C12H15N5O4. The quantitative estimate of drug-likeness (QED) is 0.863. The highest BCUT2D eigenvalue weighted by atomic mass is 16.6. The van der Waals surface area contributed by atoms with E-state index in [0.29, 0.717) is 11.2 Å². The van der Waals surface area contributed by atoms with Gasteiger partial charge in [0.2, 0.25) is 6.17 Å². The van der Waals surface area contributed by atoms with E-state index in [1.54, 1.807) is 20.8 Å². The molecule has 0 spiro atoms. The number of aromatic nitrogens is 4. The third-order valence-corrected chi connectivity index (χ3v) is 2.42. The van der Waals surface area contributed by atoms with Gasteiger partial charge in [-0.2, -0.15) is 0 Å². The van der Waals surface area contributed by atoms with Crippen molar-refractivity contribution in [1.82, 2.24) is 24.8 Å². The molecule has 0 aliphatic rings. The standard InChI is InChI=1S/C12H15N5O4/c1-12(2,3)21-11(20)16-9(10(18)19)17-6-15-8-7(17)4-13-5-14-8/h4-6,9H,1-3H3,(H,16,20)(H,18,19). The Morgan fingerprint density at radius 3 is 2.71 bits per heavy atom. The van der Waals surface area contributed by atoms with Crippen LogP contribution in [0, 0.1) is 0 Å². The first-order valence-electron chi connectivity index (χ1n) is 6.13. The molecule has 1 amide bonds. The van der Waals surface area contributed by atoms with E-state index in [4.69, 9.17) is 4.74 Å². The summed E-state index contributed by atoms with van der Waals surface area (Å²) in [7, 11) is 0. The largest absolute Gasteiger partial charge is 0.478 e. The van der Waals surface area contributed by atoms with Crippen molar-refractivity contribution in [2.24, 2.45) is 0 Å². The molecule has 21 heavy (non-hydrogen) atoms. The lowest BCUT2D eigenvalue weighted by Crippen LogP contribution is -2.40. The van der Waals surface area contributed by atoms with Crippen LogP contribution in [-0.2, 0) is 9.53 Å². The summed E-state index contributed by atoms with van der Waals surface area (Å²) in [4.78, 5) is 34.8. The third kappa shape index (κ3) is 3.44. The number of carboxylic acids is 1. The Balaban J connectivity index is 2.28. The number of alkyl carbamates (subject to hydrolysis) is 1. The summed E-state index contributed by atoms with van der Waals surface area (Å²) in [6.45, 7) is 5.05. The smallest absolute Gasteiger partial charge is 0.409 e. The Hall–Kier alpha value is -2.71. The molecule has 112 valence electrons. The van der Waals surface area contributed by atoms with Gasteiger partial charge < -0.3 is 9.84 Å². The van der Waals surface area contributed by atoms with Gasteiger partial charge in [0, 0.05) is 0 Å². The molecule has 9 heteroatoms. The van der Waals surface area contributed by atoms with Crippen molar-refractivity contribution in [3.8, 4) is 0 Å². The first-order valence-corrected chi connectivity index (χ1v) is 6.13. The number of amides is 1. The van der Waals surface area contributed by atoms with E-state index >= 15 is 0 Å². The fraction of sp³-hybridized carbons (Fsp3) is 0.417. The van der Waals surface area contributed by atoms with Gasteiger partial charge in [-0.25, -0.2) is 24.5 Å². The van der Waals surface area contributed by atoms with Gasteiger partial charge in [-0.3, -0.25) is 9.88 Å². The van der Waals surface area contributed by atoms with Gasteiger partial charge in [-0.05, 0) is 20.8 Å². The number of hydrogen-bond donors (Lipinski definition) is 2. The second-order valence-corrected chi connectivity index (χ2v) is 5.27. The van der Waals surface area contributed by atoms with Crippen LogP contribution in [0.15, 0.2) is 18.9 Å². The number of aliphatic carboxylic acids is 1. The van der Waals surface area contributed by atoms with E-state index in [2.05, 4.69) is 20.3 Å². The molecule has 0 bridgehead atoms. The molecule has 1 unspecified atom stereocenters. The van der Waals surface area contributed by atoms with Gasteiger partial charge in [-0.15, -0.1) is 0 Å². The molecule has 9 nitrogen and oxygen atoms in total.